The van der Waals surface area contributed by atoms with Crippen LogP contribution in [0.25, 0.3) is 0 Å². The zero-order valence-corrected chi connectivity index (χ0v) is 15.4. The van der Waals surface area contributed by atoms with Gasteiger partial charge in [-0.15, -0.1) is 0 Å². The molecule has 0 saturated carbocycles. The molecule has 0 spiro atoms. The van der Waals surface area contributed by atoms with E-state index in [9.17, 15) is 9.59 Å². The van der Waals surface area contributed by atoms with Gasteiger partial charge in [0, 0.05) is 12.0 Å². The Balaban J connectivity index is 2.81. The van der Waals surface area contributed by atoms with Crippen molar-refractivity contribution in [2.75, 3.05) is 0 Å². The van der Waals surface area contributed by atoms with Gasteiger partial charge in [0.2, 0.25) is 11.8 Å². The van der Waals surface area contributed by atoms with E-state index in [1.165, 1.54) is 0 Å². The summed E-state index contributed by atoms with van der Waals surface area (Å²) in [5, 5.41) is 6.15. The number of benzene rings is 1. The van der Waals surface area contributed by atoms with Crippen LogP contribution in [-0.2, 0) is 16.0 Å². The van der Waals surface area contributed by atoms with Crippen LogP contribution in [0.15, 0.2) is 30.3 Å². The predicted octanol–water partition coefficient (Wildman–Crippen LogP) is 2.00. The molecule has 134 valence electrons. The van der Waals surface area contributed by atoms with Crippen molar-refractivity contribution >= 4 is 11.8 Å². The molecule has 0 bridgehead atoms. The Morgan fingerprint density at radius 2 is 1.67 bits per heavy atom. The number of amides is 2. The highest BCUT2D eigenvalue weighted by Gasteiger charge is 2.27. The third-order valence-corrected chi connectivity index (χ3v) is 3.57. The Hall–Kier alpha value is -1.88. The number of primary amides is 1. The number of nitrogens with one attached hydrogen (secondary N) is 2. The van der Waals surface area contributed by atoms with Crippen LogP contribution in [0.4, 0.5) is 0 Å². The van der Waals surface area contributed by atoms with Crippen molar-refractivity contribution in [2.45, 2.75) is 65.1 Å². The Bertz CT molecular complexity index is 535. The van der Waals surface area contributed by atoms with Crippen LogP contribution in [0.2, 0.25) is 0 Å². The lowest BCUT2D eigenvalue weighted by Crippen LogP contribution is -2.56. The maximum Gasteiger partial charge on any atom is 0.240 e. The molecule has 5 nitrogen and oxygen atoms in total. The summed E-state index contributed by atoms with van der Waals surface area (Å²) in [4.78, 5) is 24.4. The van der Waals surface area contributed by atoms with Gasteiger partial charge in [-0.25, -0.2) is 0 Å². The number of hydrogen-bond donors (Lipinski definition) is 3. The van der Waals surface area contributed by atoms with E-state index in [1.54, 1.807) is 0 Å². The molecule has 0 aromatic heterocycles. The predicted molar refractivity (Wildman–Crippen MR) is 97.4 cm³/mol. The highest BCUT2D eigenvalue weighted by atomic mass is 16.2. The van der Waals surface area contributed by atoms with Crippen molar-refractivity contribution < 1.29 is 9.59 Å². The Labute approximate surface area is 145 Å². The van der Waals surface area contributed by atoms with Gasteiger partial charge in [-0.2, -0.15) is 0 Å². The van der Waals surface area contributed by atoms with Gasteiger partial charge in [0.1, 0.15) is 6.04 Å². The van der Waals surface area contributed by atoms with Crippen molar-refractivity contribution in [3.63, 3.8) is 0 Å². The third-order valence-electron chi connectivity index (χ3n) is 3.57. The first-order valence-electron chi connectivity index (χ1n) is 8.50. The standard InChI is InChI=1S/C19H31N3O2/c1-13(2)11-16(22-19(3,4)5)18(24)21-15(17(20)23)12-14-9-7-6-8-10-14/h6-10,13,15-16,22H,11-12H2,1-5H3,(H2,20,23)(H,21,24). The van der Waals surface area contributed by atoms with Crippen LogP contribution in [0.3, 0.4) is 0 Å². The normalized spacial score (nSPS) is 14.2. The van der Waals surface area contributed by atoms with E-state index < -0.39 is 11.9 Å². The van der Waals surface area contributed by atoms with E-state index in [0.29, 0.717) is 18.8 Å². The Morgan fingerprint density at radius 1 is 1.08 bits per heavy atom. The van der Waals surface area contributed by atoms with E-state index in [0.717, 1.165) is 5.56 Å². The minimum absolute atomic E-state index is 0.182. The van der Waals surface area contributed by atoms with Crippen molar-refractivity contribution in [1.82, 2.24) is 10.6 Å². The first-order chi connectivity index (χ1) is 11.1. The molecule has 1 rings (SSSR count). The second kappa shape index (κ2) is 8.83. The van der Waals surface area contributed by atoms with Crippen molar-refractivity contribution in [1.29, 1.82) is 0 Å². The second-order valence-electron chi connectivity index (χ2n) is 7.73. The average Bonchev–Trinajstić information content (AvgIpc) is 2.44. The number of carbonyl (C=O) groups excluding carboxylic acids is 2. The van der Waals surface area contributed by atoms with Gasteiger partial charge in [-0.3, -0.25) is 9.59 Å². The molecule has 5 heteroatoms. The van der Waals surface area contributed by atoms with Crippen molar-refractivity contribution in [2.24, 2.45) is 11.7 Å². The lowest BCUT2D eigenvalue weighted by Gasteiger charge is -2.30. The van der Waals surface area contributed by atoms with Gasteiger partial charge < -0.3 is 16.4 Å². The molecular formula is C19H31N3O2. The minimum Gasteiger partial charge on any atom is -0.368 e. The molecule has 0 aliphatic carbocycles. The first-order valence-corrected chi connectivity index (χ1v) is 8.50. The van der Waals surface area contributed by atoms with Crippen LogP contribution >= 0.6 is 0 Å². The summed E-state index contributed by atoms with van der Waals surface area (Å²) >= 11 is 0. The summed E-state index contributed by atoms with van der Waals surface area (Å²) in [6.07, 6.45) is 1.09. The molecule has 0 heterocycles. The molecule has 2 amide bonds. The monoisotopic (exact) mass is 333 g/mol. The van der Waals surface area contributed by atoms with Gasteiger partial charge in [0.25, 0.3) is 0 Å². The summed E-state index contributed by atoms with van der Waals surface area (Å²) in [7, 11) is 0. The number of rotatable bonds is 8. The fourth-order valence-electron chi connectivity index (χ4n) is 2.57. The van der Waals surface area contributed by atoms with Gasteiger partial charge >= 0.3 is 0 Å². The van der Waals surface area contributed by atoms with E-state index in [-0.39, 0.29) is 17.5 Å². The van der Waals surface area contributed by atoms with Gasteiger partial charge in [-0.1, -0.05) is 44.2 Å². The zero-order valence-electron chi connectivity index (χ0n) is 15.4. The van der Waals surface area contributed by atoms with Gasteiger partial charge in [0.15, 0.2) is 0 Å². The molecule has 24 heavy (non-hydrogen) atoms. The molecule has 0 aliphatic rings. The first kappa shape index (κ1) is 20.2. The van der Waals surface area contributed by atoms with Crippen LogP contribution in [0.1, 0.15) is 46.6 Å². The highest BCUT2D eigenvalue weighted by Crippen LogP contribution is 2.11. The smallest absolute Gasteiger partial charge is 0.240 e. The number of carbonyl (C=O) groups is 2. The molecule has 0 fully saturated rings. The maximum atomic E-state index is 12.7. The van der Waals surface area contributed by atoms with Crippen molar-refractivity contribution in [3.8, 4) is 0 Å². The third kappa shape index (κ3) is 7.59. The SMILES string of the molecule is CC(C)CC(NC(C)(C)C)C(=O)NC(Cc1ccccc1)C(N)=O. The average molecular weight is 333 g/mol. The van der Waals surface area contributed by atoms with E-state index in [4.69, 9.17) is 5.73 Å². The Kier molecular flexibility index (Phi) is 7.42. The minimum atomic E-state index is -0.712. The zero-order chi connectivity index (χ0) is 18.3. The maximum absolute atomic E-state index is 12.7. The lowest BCUT2D eigenvalue weighted by molar-refractivity contribution is -0.129. The van der Waals surface area contributed by atoms with Crippen molar-refractivity contribution in [3.05, 3.63) is 35.9 Å². The fourth-order valence-corrected chi connectivity index (χ4v) is 2.57. The van der Waals surface area contributed by atoms with E-state index in [2.05, 4.69) is 24.5 Å². The number of nitrogens with two attached hydrogens (primary N) is 1. The molecule has 0 saturated heterocycles. The summed E-state index contributed by atoms with van der Waals surface area (Å²) < 4.78 is 0. The molecule has 4 N–H and O–H groups in total. The van der Waals surface area contributed by atoms with Gasteiger partial charge in [-0.05, 0) is 38.7 Å². The molecule has 1 aromatic rings. The van der Waals surface area contributed by atoms with Crippen LogP contribution < -0.4 is 16.4 Å². The quantitative estimate of drug-likeness (QED) is 0.680. The number of hydrogen-bond acceptors (Lipinski definition) is 3. The van der Waals surface area contributed by atoms with Crippen LogP contribution in [0.5, 0.6) is 0 Å². The molecule has 1 aromatic carbocycles. The summed E-state index contributed by atoms with van der Waals surface area (Å²) in [5.41, 5.74) is 6.26. The van der Waals surface area contributed by atoms with E-state index in [1.807, 2.05) is 51.1 Å². The molecule has 2 unspecified atom stereocenters. The summed E-state index contributed by atoms with van der Waals surface area (Å²) in [6, 6.07) is 8.48. The molecular weight excluding hydrogens is 302 g/mol. The summed E-state index contributed by atoms with van der Waals surface area (Å²) in [5.74, 6) is -0.346. The topological polar surface area (TPSA) is 84.2 Å². The second-order valence-corrected chi connectivity index (χ2v) is 7.73. The summed E-state index contributed by atoms with van der Waals surface area (Å²) in [6.45, 7) is 10.2. The fraction of sp³-hybridized carbons (Fsp3) is 0.579. The molecule has 2 atom stereocenters. The largest absolute Gasteiger partial charge is 0.368 e. The molecule has 0 radical (unpaired) electrons. The van der Waals surface area contributed by atoms with Crippen LogP contribution in [0, 0.1) is 5.92 Å². The van der Waals surface area contributed by atoms with Crippen LogP contribution in [-0.4, -0.2) is 29.4 Å². The molecule has 0 aliphatic heterocycles. The Morgan fingerprint density at radius 3 is 2.12 bits per heavy atom. The highest BCUT2D eigenvalue weighted by molar-refractivity contribution is 5.89. The van der Waals surface area contributed by atoms with Gasteiger partial charge in [0.05, 0.1) is 6.04 Å². The van der Waals surface area contributed by atoms with E-state index >= 15 is 0 Å². The lowest BCUT2D eigenvalue weighted by atomic mass is 9.98.